The van der Waals surface area contributed by atoms with Crippen molar-refractivity contribution < 1.29 is 27.6 Å². The predicted octanol–water partition coefficient (Wildman–Crippen LogP) is 5.07. The van der Waals surface area contributed by atoms with Gasteiger partial charge in [-0.1, -0.05) is 36.4 Å². The van der Waals surface area contributed by atoms with Gasteiger partial charge in [-0.15, -0.1) is 0 Å². The van der Waals surface area contributed by atoms with Crippen LogP contribution in [0.4, 0.5) is 13.2 Å². The molecule has 0 aliphatic carbocycles. The fourth-order valence-electron chi connectivity index (χ4n) is 5.54. The van der Waals surface area contributed by atoms with Crippen LogP contribution >= 0.6 is 0 Å². The Hall–Kier alpha value is -4.34. The molecule has 5 rings (SSSR count). The molecule has 1 unspecified atom stereocenters. The summed E-state index contributed by atoms with van der Waals surface area (Å²) in [7, 11) is 0. The lowest BCUT2D eigenvalue weighted by molar-refractivity contribution is -0.0593. The highest BCUT2D eigenvalue weighted by Crippen LogP contribution is 2.37. The van der Waals surface area contributed by atoms with E-state index in [0.717, 1.165) is 16.0 Å². The van der Waals surface area contributed by atoms with Crippen LogP contribution in [0.3, 0.4) is 0 Å². The molecule has 3 aromatic rings. The summed E-state index contributed by atoms with van der Waals surface area (Å²) in [6.07, 6.45) is -3.73. The maximum atomic E-state index is 14.5. The Morgan fingerprint density at radius 2 is 1.85 bits per heavy atom. The SMILES string of the molecule is CC(=O)c1ccc(CC2CCN=C(C(F)(F)F)C(N3CCc4cccc5nc(C(N)=O)cc(c45)C3=O)=C2C)cc1. The highest BCUT2D eigenvalue weighted by molar-refractivity contribution is 6.14. The lowest BCUT2D eigenvalue weighted by Gasteiger charge is -2.29. The second-order valence-corrected chi connectivity index (χ2v) is 10.1. The molecule has 40 heavy (non-hydrogen) atoms. The van der Waals surface area contributed by atoms with Crippen molar-refractivity contribution >= 4 is 34.2 Å². The number of alkyl halides is 3. The molecule has 0 radical (unpaired) electrons. The zero-order chi connectivity index (χ0) is 28.8. The lowest BCUT2D eigenvalue weighted by atomic mass is 9.87. The van der Waals surface area contributed by atoms with Gasteiger partial charge in [0.1, 0.15) is 5.69 Å². The third-order valence-corrected chi connectivity index (χ3v) is 7.59. The van der Waals surface area contributed by atoms with Gasteiger partial charge in [0.25, 0.3) is 11.8 Å². The number of hydrogen-bond acceptors (Lipinski definition) is 5. The number of allylic oxidation sites excluding steroid dienone is 2. The molecule has 7 nitrogen and oxygen atoms in total. The van der Waals surface area contributed by atoms with E-state index in [1.807, 2.05) is 0 Å². The molecule has 2 aliphatic heterocycles. The molecule has 0 fully saturated rings. The Kier molecular flexibility index (Phi) is 7.03. The normalized spacial score (nSPS) is 17.9. The third kappa shape index (κ3) is 5.01. The van der Waals surface area contributed by atoms with E-state index in [-0.39, 0.29) is 48.2 Å². The summed E-state index contributed by atoms with van der Waals surface area (Å²) in [5.41, 5.74) is 7.00. The minimum Gasteiger partial charge on any atom is -0.364 e. The number of primary amides is 1. The van der Waals surface area contributed by atoms with Crippen LogP contribution in [0, 0.1) is 5.92 Å². The molecule has 2 N–H and O–H groups in total. The number of carbonyl (C=O) groups is 3. The van der Waals surface area contributed by atoms with Crippen molar-refractivity contribution in [1.82, 2.24) is 9.88 Å². The minimum atomic E-state index is -4.79. The summed E-state index contributed by atoms with van der Waals surface area (Å²) in [6.45, 7) is 3.02. The Morgan fingerprint density at radius 1 is 1.12 bits per heavy atom. The molecular weight excluding hydrogens is 521 g/mol. The van der Waals surface area contributed by atoms with Crippen molar-refractivity contribution in [1.29, 1.82) is 0 Å². The van der Waals surface area contributed by atoms with Crippen LogP contribution in [-0.2, 0) is 12.8 Å². The number of halogens is 3. The fourth-order valence-corrected chi connectivity index (χ4v) is 5.54. The number of nitrogens with two attached hydrogens (primary N) is 1. The molecule has 206 valence electrons. The minimum absolute atomic E-state index is 0.0136. The zero-order valence-corrected chi connectivity index (χ0v) is 22.0. The lowest BCUT2D eigenvalue weighted by Crippen LogP contribution is -2.40. The largest absolute Gasteiger partial charge is 0.435 e. The second-order valence-electron chi connectivity index (χ2n) is 10.1. The summed E-state index contributed by atoms with van der Waals surface area (Å²) in [5, 5.41) is 0.500. The first-order valence-corrected chi connectivity index (χ1v) is 12.9. The van der Waals surface area contributed by atoms with Gasteiger partial charge in [-0.2, -0.15) is 13.2 Å². The summed E-state index contributed by atoms with van der Waals surface area (Å²) in [4.78, 5) is 47.1. The number of aliphatic imine (C=N–C) groups is 1. The molecule has 10 heteroatoms. The fraction of sp³-hybridized carbons (Fsp3) is 0.300. The second kappa shape index (κ2) is 10.3. The van der Waals surface area contributed by atoms with Crippen molar-refractivity contribution in [3.8, 4) is 0 Å². The molecule has 1 atom stereocenters. The molecular formula is C30H27F3N4O3. The van der Waals surface area contributed by atoms with Gasteiger partial charge in [-0.05, 0) is 67.9 Å². The molecule has 2 amide bonds. The van der Waals surface area contributed by atoms with Gasteiger partial charge in [0, 0.05) is 24.0 Å². The van der Waals surface area contributed by atoms with Crippen molar-refractivity contribution in [3.05, 3.63) is 87.7 Å². The summed E-state index contributed by atoms with van der Waals surface area (Å²) < 4.78 is 43.4. The van der Waals surface area contributed by atoms with Gasteiger partial charge in [0.05, 0.1) is 16.8 Å². The van der Waals surface area contributed by atoms with Crippen molar-refractivity contribution in [2.75, 3.05) is 13.1 Å². The molecule has 0 bridgehead atoms. The molecule has 0 spiro atoms. The van der Waals surface area contributed by atoms with E-state index in [4.69, 9.17) is 5.73 Å². The number of benzene rings is 2. The summed E-state index contributed by atoms with van der Waals surface area (Å²) in [6, 6.07) is 13.4. The first-order valence-electron chi connectivity index (χ1n) is 12.9. The summed E-state index contributed by atoms with van der Waals surface area (Å²) in [5.74, 6) is -1.92. The first kappa shape index (κ1) is 27.2. The molecule has 2 aliphatic rings. The van der Waals surface area contributed by atoms with E-state index in [2.05, 4.69) is 9.98 Å². The van der Waals surface area contributed by atoms with E-state index in [0.29, 0.717) is 34.9 Å². The van der Waals surface area contributed by atoms with Crippen molar-refractivity contribution in [2.24, 2.45) is 16.6 Å². The van der Waals surface area contributed by atoms with Crippen LogP contribution in [-0.4, -0.2) is 52.5 Å². The number of carbonyl (C=O) groups excluding carboxylic acids is 3. The van der Waals surface area contributed by atoms with Crippen LogP contribution in [0.5, 0.6) is 0 Å². The smallest absolute Gasteiger partial charge is 0.364 e. The number of Topliss-reactive ketones (excluding diaryl/α,β-unsaturated/α-hetero) is 1. The number of hydrogen-bond donors (Lipinski definition) is 1. The van der Waals surface area contributed by atoms with Crippen LogP contribution in [0.2, 0.25) is 0 Å². The van der Waals surface area contributed by atoms with Gasteiger partial charge >= 0.3 is 6.18 Å². The predicted molar refractivity (Wildman–Crippen MR) is 144 cm³/mol. The molecule has 2 aromatic carbocycles. The Labute approximate surface area is 228 Å². The van der Waals surface area contributed by atoms with Gasteiger partial charge < -0.3 is 10.6 Å². The molecule has 1 aromatic heterocycles. The van der Waals surface area contributed by atoms with Crippen LogP contribution < -0.4 is 5.73 Å². The van der Waals surface area contributed by atoms with Crippen molar-refractivity contribution in [3.63, 3.8) is 0 Å². The number of aromatic nitrogens is 1. The van der Waals surface area contributed by atoms with Crippen molar-refractivity contribution in [2.45, 2.75) is 39.3 Å². The molecule has 0 saturated heterocycles. The summed E-state index contributed by atoms with van der Waals surface area (Å²) >= 11 is 0. The van der Waals surface area contributed by atoms with E-state index >= 15 is 0 Å². The number of nitrogens with zero attached hydrogens (tertiary/aromatic N) is 3. The average Bonchev–Trinajstić information content (AvgIpc) is 3.15. The standard InChI is InChI=1S/C30H27F3N4O3/c1-16-21(14-18-6-8-19(9-7-18)17(2)38)10-12-35-27(30(31,32)33)26(16)37-13-11-20-4-3-5-23-25(20)22(29(37)40)15-24(36-23)28(34)39/h3-9,15,21H,10-14H2,1-2H3,(H2,34,39). The zero-order valence-electron chi connectivity index (χ0n) is 22.0. The van der Waals surface area contributed by atoms with E-state index in [9.17, 15) is 27.6 Å². The maximum absolute atomic E-state index is 14.5. The van der Waals surface area contributed by atoms with E-state index < -0.39 is 23.7 Å². The van der Waals surface area contributed by atoms with Gasteiger partial charge in [-0.25, -0.2) is 4.98 Å². The van der Waals surface area contributed by atoms with Gasteiger partial charge in [0.2, 0.25) is 0 Å². The Balaban J connectivity index is 1.63. The van der Waals surface area contributed by atoms with E-state index in [1.165, 1.54) is 13.0 Å². The van der Waals surface area contributed by atoms with Crippen LogP contribution in [0.15, 0.2) is 64.8 Å². The van der Waals surface area contributed by atoms with Gasteiger partial charge in [-0.3, -0.25) is 19.4 Å². The first-order chi connectivity index (χ1) is 19.0. The number of amides is 2. The molecule has 0 saturated carbocycles. The van der Waals surface area contributed by atoms with Crippen LogP contribution in [0.25, 0.3) is 10.9 Å². The highest BCUT2D eigenvalue weighted by atomic mass is 19.4. The van der Waals surface area contributed by atoms with E-state index in [1.54, 1.807) is 49.4 Å². The topological polar surface area (TPSA) is 106 Å². The highest BCUT2D eigenvalue weighted by Gasteiger charge is 2.44. The van der Waals surface area contributed by atoms with Crippen LogP contribution in [0.1, 0.15) is 62.6 Å². The Bertz CT molecular complexity index is 1610. The monoisotopic (exact) mass is 548 g/mol. The number of pyridine rings is 1. The quantitative estimate of drug-likeness (QED) is 0.449. The number of rotatable bonds is 5. The molecule has 3 heterocycles. The Morgan fingerprint density at radius 3 is 2.50 bits per heavy atom. The number of ketones is 1. The third-order valence-electron chi connectivity index (χ3n) is 7.59. The van der Waals surface area contributed by atoms with Gasteiger partial charge in [0.15, 0.2) is 11.5 Å². The average molecular weight is 549 g/mol. The maximum Gasteiger partial charge on any atom is 0.435 e.